The fraction of sp³-hybridized carbons (Fsp3) is 0.167. The van der Waals surface area contributed by atoms with Crippen LogP contribution in [0.2, 0.25) is 0 Å². The topological polar surface area (TPSA) is 29.1 Å². The molecule has 3 heteroatoms. The molecule has 1 N–H and O–H groups in total. The third kappa shape index (κ3) is 5.22. The first-order chi connectivity index (χ1) is 10.1. The van der Waals surface area contributed by atoms with Crippen LogP contribution in [-0.2, 0) is 11.2 Å². The monoisotopic (exact) mass is 283 g/mol. The Morgan fingerprint density at radius 2 is 1.95 bits per heavy atom. The molecular formula is C18H18FNO. The van der Waals surface area contributed by atoms with Gasteiger partial charge in [0.2, 0.25) is 5.91 Å². The normalized spacial score (nSPS) is 10.8. The molecule has 0 heterocycles. The van der Waals surface area contributed by atoms with E-state index in [2.05, 4.69) is 5.32 Å². The summed E-state index contributed by atoms with van der Waals surface area (Å²) < 4.78 is 13.0. The Labute approximate surface area is 124 Å². The summed E-state index contributed by atoms with van der Waals surface area (Å²) in [5.74, 6) is -0.398. The van der Waals surface area contributed by atoms with Gasteiger partial charge in [-0.25, -0.2) is 4.39 Å². The number of rotatable bonds is 5. The lowest BCUT2D eigenvalue weighted by molar-refractivity contribution is -0.116. The van der Waals surface area contributed by atoms with Crippen LogP contribution in [0, 0.1) is 12.7 Å². The van der Waals surface area contributed by atoms with Gasteiger partial charge in [-0.15, -0.1) is 0 Å². The van der Waals surface area contributed by atoms with Gasteiger partial charge in [-0.05, 0) is 42.7 Å². The minimum Gasteiger partial charge on any atom is -0.352 e. The summed E-state index contributed by atoms with van der Waals surface area (Å²) in [4.78, 5) is 11.7. The number of hydrogen-bond donors (Lipinski definition) is 1. The van der Waals surface area contributed by atoms with Gasteiger partial charge in [-0.1, -0.05) is 42.0 Å². The maximum Gasteiger partial charge on any atom is 0.244 e. The molecular weight excluding hydrogens is 265 g/mol. The Balaban J connectivity index is 1.78. The third-order valence-electron chi connectivity index (χ3n) is 3.11. The SMILES string of the molecule is Cc1ccc(/C=C/C(=O)NCCc2cccc(F)c2)cc1. The molecule has 21 heavy (non-hydrogen) atoms. The highest BCUT2D eigenvalue weighted by atomic mass is 19.1. The van der Waals surface area contributed by atoms with Crippen molar-refractivity contribution in [2.45, 2.75) is 13.3 Å². The molecule has 0 unspecified atom stereocenters. The van der Waals surface area contributed by atoms with Crippen LogP contribution < -0.4 is 5.32 Å². The summed E-state index contributed by atoms with van der Waals surface area (Å²) in [7, 11) is 0. The van der Waals surface area contributed by atoms with E-state index in [9.17, 15) is 9.18 Å². The molecule has 0 saturated carbocycles. The number of halogens is 1. The highest BCUT2D eigenvalue weighted by molar-refractivity contribution is 5.91. The van der Waals surface area contributed by atoms with E-state index in [1.165, 1.54) is 23.8 Å². The van der Waals surface area contributed by atoms with E-state index in [-0.39, 0.29) is 11.7 Å². The molecule has 0 aliphatic heterocycles. The van der Waals surface area contributed by atoms with Crippen molar-refractivity contribution in [2.75, 3.05) is 6.54 Å². The van der Waals surface area contributed by atoms with Gasteiger partial charge in [-0.3, -0.25) is 4.79 Å². The van der Waals surface area contributed by atoms with Gasteiger partial charge in [0.1, 0.15) is 5.82 Å². The van der Waals surface area contributed by atoms with Crippen molar-refractivity contribution < 1.29 is 9.18 Å². The first-order valence-electron chi connectivity index (χ1n) is 6.90. The molecule has 0 aromatic heterocycles. The first kappa shape index (κ1) is 15.0. The average Bonchev–Trinajstić information content (AvgIpc) is 2.47. The lowest BCUT2D eigenvalue weighted by Crippen LogP contribution is -2.23. The van der Waals surface area contributed by atoms with E-state index < -0.39 is 0 Å². The predicted molar refractivity (Wildman–Crippen MR) is 83.3 cm³/mol. The second-order valence-electron chi connectivity index (χ2n) is 4.91. The molecule has 0 aliphatic rings. The lowest BCUT2D eigenvalue weighted by Gasteiger charge is -2.03. The molecule has 108 valence electrons. The Kier molecular flexibility index (Phi) is 5.27. The second kappa shape index (κ2) is 7.39. The molecule has 0 radical (unpaired) electrons. The zero-order chi connectivity index (χ0) is 15.1. The van der Waals surface area contributed by atoms with Crippen LogP contribution in [0.3, 0.4) is 0 Å². The van der Waals surface area contributed by atoms with E-state index in [1.807, 2.05) is 37.3 Å². The second-order valence-corrected chi connectivity index (χ2v) is 4.91. The van der Waals surface area contributed by atoms with Crippen LogP contribution >= 0.6 is 0 Å². The molecule has 2 nitrogen and oxygen atoms in total. The molecule has 0 spiro atoms. The van der Waals surface area contributed by atoms with Gasteiger partial charge in [0, 0.05) is 12.6 Å². The predicted octanol–water partition coefficient (Wildman–Crippen LogP) is 3.51. The largest absolute Gasteiger partial charge is 0.352 e. The van der Waals surface area contributed by atoms with E-state index in [4.69, 9.17) is 0 Å². The van der Waals surface area contributed by atoms with E-state index in [0.717, 1.165) is 11.1 Å². The van der Waals surface area contributed by atoms with Gasteiger partial charge in [0.15, 0.2) is 0 Å². The standard InChI is InChI=1S/C18H18FNO/c1-14-5-7-15(8-6-14)9-10-18(21)20-12-11-16-3-2-4-17(19)13-16/h2-10,13H,11-12H2,1H3,(H,20,21)/b10-9+. The van der Waals surface area contributed by atoms with E-state index >= 15 is 0 Å². The number of benzene rings is 2. The number of carbonyl (C=O) groups is 1. The number of amides is 1. The Hall–Kier alpha value is -2.42. The zero-order valence-corrected chi connectivity index (χ0v) is 12.0. The smallest absolute Gasteiger partial charge is 0.244 e. The zero-order valence-electron chi connectivity index (χ0n) is 12.0. The highest BCUT2D eigenvalue weighted by Gasteiger charge is 1.98. The quantitative estimate of drug-likeness (QED) is 0.836. The van der Waals surface area contributed by atoms with Gasteiger partial charge < -0.3 is 5.32 Å². The van der Waals surface area contributed by atoms with Crippen LogP contribution in [0.15, 0.2) is 54.6 Å². The minimum atomic E-state index is -0.252. The molecule has 2 rings (SSSR count). The van der Waals surface area contributed by atoms with Crippen LogP contribution in [0.1, 0.15) is 16.7 Å². The summed E-state index contributed by atoms with van der Waals surface area (Å²) in [6.45, 7) is 2.51. The Morgan fingerprint density at radius 3 is 2.67 bits per heavy atom. The Morgan fingerprint density at radius 1 is 1.19 bits per heavy atom. The van der Waals surface area contributed by atoms with Crippen LogP contribution in [0.4, 0.5) is 4.39 Å². The number of nitrogens with one attached hydrogen (secondary N) is 1. The lowest BCUT2D eigenvalue weighted by atomic mass is 10.1. The summed E-state index contributed by atoms with van der Waals surface area (Å²) >= 11 is 0. The summed E-state index contributed by atoms with van der Waals surface area (Å²) in [5, 5.41) is 2.78. The van der Waals surface area contributed by atoms with Crippen molar-refractivity contribution in [3.63, 3.8) is 0 Å². The first-order valence-corrected chi connectivity index (χ1v) is 6.90. The van der Waals surface area contributed by atoms with Crippen LogP contribution in [0.5, 0.6) is 0 Å². The number of hydrogen-bond acceptors (Lipinski definition) is 1. The van der Waals surface area contributed by atoms with E-state index in [1.54, 1.807) is 12.1 Å². The summed E-state index contributed by atoms with van der Waals surface area (Å²) in [6.07, 6.45) is 3.90. The van der Waals surface area contributed by atoms with Crippen LogP contribution in [-0.4, -0.2) is 12.5 Å². The summed E-state index contributed by atoms with van der Waals surface area (Å²) in [6, 6.07) is 14.3. The minimum absolute atomic E-state index is 0.146. The highest BCUT2D eigenvalue weighted by Crippen LogP contribution is 2.05. The van der Waals surface area contributed by atoms with Gasteiger partial charge in [0.05, 0.1) is 0 Å². The molecule has 2 aromatic carbocycles. The summed E-state index contributed by atoms with van der Waals surface area (Å²) in [5.41, 5.74) is 3.05. The van der Waals surface area contributed by atoms with Crippen molar-refractivity contribution in [3.8, 4) is 0 Å². The maximum absolute atomic E-state index is 13.0. The fourth-order valence-electron chi connectivity index (χ4n) is 1.93. The van der Waals surface area contributed by atoms with Crippen molar-refractivity contribution >= 4 is 12.0 Å². The van der Waals surface area contributed by atoms with Crippen molar-refractivity contribution in [1.82, 2.24) is 5.32 Å². The molecule has 2 aromatic rings. The average molecular weight is 283 g/mol. The maximum atomic E-state index is 13.0. The van der Waals surface area contributed by atoms with Gasteiger partial charge in [0.25, 0.3) is 0 Å². The number of carbonyl (C=O) groups excluding carboxylic acids is 1. The molecule has 0 aliphatic carbocycles. The third-order valence-corrected chi connectivity index (χ3v) is 3.11. The van der Waals surface area contributed by atoms with Crippen molar-refractivity contribution in [2.24, 2.45) is 0 Å². The molecule has 0 atom stereocenters. The molecule has 0 bridgehead atoms. The number of aryl methyl sites for hydroxylation is 1. The van der Waals surface area contributed by atoms with Gasteiger partial charge in [-0.2, -0.15) is 0 Å². The molecule has 0 fully saturated rings. The fourth-order valence-corrected chi connectivity index (χ4v) is 1.93. The van der Waals surface area contributed by atoms with Crippen molar-refractivity contribution in [3.05, 3.63) is 77.1 Å². The molecule has 1 amide bonds. The van der Waals surface area contributed by atoms with Crippen LogP contribution in [0.25, 0.3) is 6.08 Å². The molecule has 0 saturated heterocycles. The van der Waals surface area contributed by atoms with Crippen molar-refractivity contribution in [1.29, 1.82) is 0 Å². The van der Waals surface area contributed by atoms with Gasteiger partial charge >= 0.3 is 0 Å². The van der Waals surface area contributed by atoms with E-state index in [0.29, 0.717) is 13.0 Å². The Bertz CT molecular complexity index is 632.